The van der Waals surface area contributed by atoms with Crippen LogP contribution in [0.2, 0.25) is 0 Å². The smallest absolute Gasteiger partial charge is 0.308 e. The highest BCUT2D eigenvalue weighted by atomic mass is 32.1. The number of benzene rings is 2. The van der Waals surface area contributed by atoms with Gasteiger partial charge in [-0.15, -0.1) is 11.3 Å². The molecule has 0 spiro atoms. The maximum Gasteiger partial charge on any atom is 0.308 e. The van der Waals surface area contributed by atoms with Crippen LogP contribution in [0.25, 0.3) is 0 Å². The Balaban J connectivity index is 1.70. The Kier molecular flexibility index (Phi) is 6.92. The number of aromatic nitrogens is 1. The summed E-state index contributed by atoms with van der Waals surface area (Å²) in [6.45, 7) is 2.07. The lowest BCUT2D eigenvalue weighted by Gasteiger charge is -2.18. The summed E-state index contributed by atoms with van der Waals surface area (Å²) in [4.78, 5) is 29.1. The third kappa shape index (κ3) is 5.50. The first-order valence-corrected chi connectivity index (χ1v) is 10.0. The highest BCUT2D eigenvalue weighted by Crippen LogP contribution is 2.20. The van der Waals surface area contributed by atoms with E-state index >= 15 is 0 Å². The summed E-state index contributed by atoms with van der Waals surface area (Å²) in [5.41, 5.74) is 2.36. The van der Waals surface area contributed by atoms with Gasteiger partial charge >= 0.3 is 5.97 Å². The quantitative estimate of drug-likeness (QED) is 0.583. The largest absolute Gasteiger partial charge is 0.466 e. The molecule has 28 heavy (non-hydrogen) atoms. The van der Waals surface area contributed by atoms with Gasteiger partial charge < -0.3 is 10.1 Å². The van der Waals surface area contributed by atoms with E-state index in [2.05, 4.69) is 10.3 Å². The van der Waals surface area contributed by atoms with E-state index in [-0.39, 0.29) is 18.3 Å². The van der Waals surface area contributed by atoms with E-state index in [0.717, 1.165) is 16.1 Å². The Bertz CT molecular complexity index is 910. The number of ether oxygens (including phenoxy) is 1. The number of hydrogen-bond donors (Lipinski definition) is 1. The lowest BCUT2D eigenvalue weighted by molar-refractivity contribution is -0.143. The molecular formula is C22H22N2O3S. The summed E-state index contributed by atoms with van der Waals surface area (Å²) in [5, 5.41) is 5.54. The minimum atomic E-state index is -0.466. The molecule has 3 aromatic rings. The van der Waals surface area contributed by atoms with Crippen LogP contribution < -0.4 is 5.32 Å². The summed E-state index contributed by atoms with van der Waals surface area (Å²) in [6.07, 6.45) is 0.758. The highest BCUT2D eigenvalue weighted by molar-refractivity contribution is 7.09. The van der Waals surface area contributed by atoms with Gasteiger partial charge in [-0.2, -0.15) is 0 Å². The van der Waals surface area contributed by atoms with Crippen LogP contribution in [-0.4, -0.2) is 23.5 Å². The van der Waals surface area contributed by atoms with Crippen molar-refractivity contribution in [3.05, 3.63) is 87.9 Å². The van der Waals surface area contributed by atoms with Crippen molar-refractivity contribution in [1.29, 1.82) is 0 Å². The maximum atomic E-state index is 12.7. The summed E-state index contributed by atoms with van der Waals surface area (Å²) in [6, 6.07) is 18.9. The van der Waals surface area contributed by atoms with Crippen LogP contribution in [0.15, 0.2) is 66.0 Å². The van der Waals surface area contributed by atoms with Crippen molar-refractivity contribution in [1.82, 2.24) is 10.3 Å². The minimum Gasteiger partial charge on any atom is -0.466 e. The molecule has 1 heterocycles. The zero-order valence-electron chi connectivity index (χ0n) is 15.6. The first-order chi connectivity index (χ1) is 13.7. The zero-order valence-corrected chi connectivity index (χ0v) is 16.4. The molecule has 0 saturated carbocycles. The lowest BCUT2D eigenvalue weighted by Crippen LogP contribution is -2.31. The standard InChI is InChI=1S/C22H22N2O3S/c1-2-27-21(25)14-18(17-11-7-4-8-12-17)24-22(26)19-15-28-20(23-19)13-16-9-5-3-6-10-16/h3-12,15,18H,2,13-14H2,1H3,(H,24,26). The predicted molar refractivity (Wildman–Crippen MR) is 109 cm³/mol. The molecule has 3 rings (SSSR count). The third-order valence-corrected chi connectivity index (χ3v) is 5.01. The molecule has 0 radical (unpaired) electrons. The molecule has 0 aliphatic heterocycles. The molecule has 2 aromatic carbocycles. The molecule has 1 atom stereocenters. The molecule has 144 valence electrons. The summed E-state index contributed by atoms with van der Waals surface area (Å²) in [7, 11) is 0. The average molecular weight is 394 g/mol. The third-order valence-electron chi connectivity index (χ3n) is 4.17. The summed E-state index contributed by atoms with van der Waals surface area (Å²) < 4.78 is 5.05. The molecule has 0 saturated heterocycles. The molecule has 1 aromatic heterocycles. The van der Waals surface area contributed by atoms with E-state index in [1.807, 2.05) is 60.7 Å². The number of nitrogens with zero attached hydrogens (tertiary/aromatic N) is 1. The van der Waals surface area contributed by atoms with Gasteiger partial charge in [0.15, 0.2) is 0 Å². The summed E-state index contributed by atoms with van der Waals surface area (Å²) >= 11 is 1.45. The number of carbonyl (C=O) groups excluding carboxylic acids is 2. The second-order valence-electron chi connectivity index (χ2n) is 6.23. The highest BCUT2D eigenvalue weighted by Gasteiger charge is 2.21. The number of amides is 1. The van der Waals surface area contributed by atoms with Crippen LogP contribution in [0.4, 0.5) is 0 Å². The molecule has 1 N–H and O–H groups in total. The van der Waals surface area contributed by atoms with Crippen LogP contribution >= 0.6 is 11.3 Å². The fourth-order valence-corrected chi connectivity index (χ4v) is 3.63. The number of rotatable bonds is 8. The van der Waals surface area contributed by atoms with E-state index in [1.165, 1.54) is 11.3 Å². The Hall–Kier alpha value is -2.99. The first-order valence-electron chi connectivity index (χ1n) is 9.15. The van der Waals surface area contributed by atoms with E-state index in [1.54, 1.807) is 12.3 Å². The Morgan fingerprint density at radius 1 is 1.07 bits per heavy atom. The topological polar surface area (TPSA) is 68.3 Å². The molecule has 5 nitrogen and oxygen atoms in total. The van der Waals surface area contributed by atoms with Gasteiger partial charge in [0, 0.05) is 11.8 Å². The first kappa shape index (κ1) is 19.8. The van der Waals surface area contributed by atoms with Gasteiger partial charge in [0.05, 0.1) is 24.1 Å². The number of nitrogens with one attached hydrogen (secondary N) is 1. The zero-order chi connectivity index (χ0) is 19.8. The van der Waals surface area contributed by atoms with Gasteiger partial charge in [0.1, 0.15) is 5.69 Å². The Labute approximate surface area is 168 Å². The van der Waals surface area contributed by atoms with Crippen molar-refractivity contribution in [3.8, 4) is 0 Å². The van der Waals surface area contributed by atoms with Crippen molar-refractivity contribution >= 4 is 23.2 Å². The van der Waals surface area contributed by atoms with Gasteiger partial charge in [-0.05, 0) is 18.1 Å². The molecular weight excluding hydrogens is 372 g/mol. The van der Waals surface area contributed by atoms with Gasteiger partial charge in [-0.3, -0.25) is 9.59 Å². The second kappa shape index (κ2) is 9.80. The van der Waals surface area contributed by atoms with Gasteiger partial charge in [-0.1, -0.05) is 60.7 Å². The molecule has 0 aliphatic rings. The van der Waals surface area contributed by atoms with E-state index in [4.69, 9.17) is 4.74 Å². The molecule has 1 amide bonds. The average Bonchev–Trinajstić information content (AvgIpc) is 3.18. The predicted octanol–water partition coefficient (Wildman–Crippen LogP) is 4.16. The van der Waals surface area contributed by atoms with Crippen molar-refractivity contribution in [2.45, 2.75) is 25.8 Å². The van der Waals surface area contributed by atoms with E-state index < -0.39 is 6.04 Å². The number of carbonyl (C=O) groups is 2. The van der Waals surface area contributed by atoms with E-state index in [9.17, 15) is 9.59 Å². The molecule has 0 aliphatic carbocycles. The van der Waals surface area contributed by atoms with Crippen molar-refractivity contribution < 1.29 is 14.3 Å². The number of esters is 1. The van der Waals surface area contributed by atoms with Crippen molar-refractivity contribution in [2.75, 3.05) is 6.61 Å². The monoisotopic (exact) mass is 394 g/mol. The van der Waals surface area contributed by atoms with Crippen LogP contribution in [0.5, 0.6) is 0 Å². The Morgan fingerprint density at radius 3 is 2.43 bits per heavy atom. The van der Waals surface area contributed by atoms with Crippen LogP contribution in [0.3, 0.4) is 0 Å². The molecule has 0 bridgehead atoms. The maximum absolute atomic E-state index is 12.7. The molecule has 0 fully saturated rings. The van der Waals surface area contributed by atoms with Gasteiger partial charge in [0.25, 0.3) is 5.91 Å². The van der Waals surface area contributed by atoms with Crippen molar-refractivity contribution in [3.63, 3.8) is 0 Å². The molecule has 6 heteroatoms. The van der Waals surface area contributed by atoms with Crippen LogP contribution in [-0.2, 0) is 16.0 Å². The second-order valence-corrected chi connectivity index (χ2v) is 7.18. The van der Waals surface area contributed by atoms with Crippen LogP contribution in [0.1, 0.15) is 46.0 Å². The lowest BCUT2D eigenvalue weighted by atomic mass is 10.0. The number of hydrogen-bond acceptors (Lipinski definition) is 5. The number of thiazole rings is 1. The normalized spacial score (nSPS) is 11.6. The van der Waals surface area contributed by atoms with Crippen LogP contribution in [0, 0.1) is 0 Å². The minimum absolute atomic E-state index is 0.0740. The van der Waals surface area contributed by atoms with Gasteiger partial charge in [0.2, 0.25) is 0 Å². The fourth-order valence-electron chi connectivity index (χ4n) is 2.82. The molecule has 1 unspecified atom stereocenters. The van der Waals surface area contributed by atoms with E-state index in [0.29, 0.717) is 18.7 Å². The summed E-state index contributed by atoms with van der Waals surface area (Å²) in [5.74, 6) is -0.645. The Morgan fingerprint density at radius 2 is 1.75 bits per heavy atom. The van der Waals surface area contributed by atoms with Crippen molar-refractivity contribution in [2.24, 2.45) is 0 Å². The SMILES string of the molecule is CCOC(=O)CC(NC(=O)c1csc(Cc2ccccc2)n1)c1ccccc1. The fraction of sp³-hybridized carbons (Fsp3) is 0.227. The van der Waals surface area contributed by atoms with Gasteiger partial charge in [-0.25, -0.2) is 4.98 Å².